The molecule has 1 N–H and O–H groups in total. The highest BCUT2D eigenvalue weighted by Gasteiger charge is 2.19. The minimum atomic E-state index is -0.366. The van der Waals surface area contributed by atoms with E-state index in [-0.39, 0.29) is 11.9 Å². The number of aromatic nitrogens is 5. The maximum absolute atomic E-state index is 12.3. The van der Waals surface area contributed by atoms with Gasteiger partial charge in [-0.1, -0.05) is 23.7 Å². The minimum Gasteiger partial charge on any atom is -0.288 e. The standard InChI is InChI=1S/C15H14BrClN6O/c1-9-12(16)13(20-22(9)2)14(24)19-15-18-8-23(21-15)7-10-3-5-11(17)6-4-10/h3-6,8H,7H2,1-2H3,(H,19,21,24). The summed E-state index contributed by atoms with van der Waals surface area (Å²) >= 11 is 9.24. The van der Waals surface area contributed by atoms with E-state index in [9.17, 15) is 4.79 Å². The highest BCUT2D eigenvalue weighted by molar-refractivity contribution is 9.10. The van der Waals surface area contributed by atoms with Gasteiger partial charge in [0.05, 0.1) is 16.7 Å². The second-order valence-electron chi connectivity index (χ2n) is 5.22. The van der Waals surface area contributed by atoms with E-state index in [0.29, 0.717) is 21.7 Å². The molecule has 0 aliphatic rings. The number of halogens is 2. The average Bonchev–Trinajstić information content (AvgIpc) is 3.09. The number of carbonyl (C=O) groups excluding carboxylic acids is 1. The molecule has 0 fully saturated rings. The molecule has 7 nitrogen and oxygen atoms in total. The number of carbonyl (C=O) groups is 1. The van der Waals surface area contributed by atoms with Gasteiger partial charge in [-0.3, -0.25) is 14.8 Å². The first-order valence-electron chi connectivity index (χ1n) is 7.08. The molecule has 124 valence electrons. The molecule has 0 spiro atoms. The summed E-state index contributed by atoms with van der Waals surface area (Å²) < 4.78 is 3.92. The van der Waals surface area contributed by atoms with Crippen LogP contribution in [-0.2, 0) is 13.6 Å². The van der Waals surface area contributed by atoms with Crippen LogP contribution in [0.15, 0.2) is 35.1 Å². The third kappa shape index (κ3) is 3.49. The Morgan fingerprint density at radius 2 is 2.00 bits per heavy atom. The molecule has 3 aromatic rings. The molecule has 0 atom stereocenters. The number of amides is 1. The topological polar surface area (TPSA) is 77.6 Å². The molecule has 0 saturated heterocycles. The van der Waals surface area contributed by atoms with Gasteiger partial charge in [-0.15, -0.1) is 5.10 Å². The third-order valence-corrected chi connectivity index (χ3v) is 4.70. The van der Waals surface area contributed by atoms with Crippen molar-refractivity contribution in [2.24, 2.45) is 7.05 Å². The first kappa shape index (κ1) is 16.7. The number of nitrogens with one attached hydrogen (secondary N) is 1. The van der Waals surface area contributed by atoms with Gasteiger partial charge >= 0.3 is 0 Å². The van der Waals surface area contributed by atoms with Crippen molar-refractivity contribution >= 4 is 39.4 Å². The molecule has 1 aromatic carbocycles. The van der Waals surface area contributed by atoms with Crippen molar-refractivity contribution in [1.29, 1.82) is 0 Å². The van der Waals surface area contributed by atoms with Gasteiger partial charge in [0.2, 0.25) is 5.95 Å². The second kappa shape index (κ2) is 6.74. The lowest BCUT2D eigenvalue weighted by Gasteiger charge is -2.01. The third-order valence-electron chi connectivity index (χ3n) is 3.50. The van der Waals surface area contributed by atoms with Gasteiger partial charge in [-0.2, -0.15) is 5.10 Å². The van der Waals surface area contributed by atoms with E-state index in [1.54, 1.807) is 22.7 Å². The molecule has 9 heteroatoms. The van der Waals surface area contributed by atoms with Crippen LogP contribution in [0.3, 0.4) is 0 Å². The Morgan fingerprint density at radius 3 is 2.62 bits per heavy atom. The first-order chi connectivity index (χ1) is 11.4. The minimum absolute atomic E-state index is 0.226. The Morgan fingerprint density at radius 1 is 1.29 bits per heavy atom. The molecule has 2 aromatic heterocycles. The molecule has 0 unspecified atom stereocenters. The van der Waals surface area contributed by atoms with Crippen molar-refractivity contribution in [2.45, 2.75) is 13.5 Å². The van der Waals surface area contributed by atoms with Crippen LogP contribution in [0.2, 0.25) is 5.02 Å². The summed E-state index contributed by atoms with van der Waals surface area (Å²) in [4.78, 5) is 16.4. The normalized spacial score (nSPS) is 10.8. The van der Waals surface area contributed by atoms with Gasteiger partial charge in [-0.05, 0) is 40.5 Å². The van der Waals surface area contributed by atoms with Crippen LogP contribution in [0.25, 0.3) is 0 Å². The average molecular weight is 410 g/mol. The number of hydrogen-bond acceptors (Lipinski definition) is 4. The lowest BCUT2D eigenvalue weighted by atomic mass is 10.2. The fraction of sp³-hybridized carbons (Fsp3) is 0.200. The molecule has 0 bridgehead atoms. The predicted molar refractivity (Wildman–Crippen MR) is 94.2 cm³/mol. The summed E-state index contributed by atoms with van der Waals surface area (Å²) in [7, 11) is 1.77. The summed E-state index contributed by atoms with van der Waals surface area (Å²) in [6.07, 6.45) is 1.56. The van der Waals surface area contributed by atoms with Crippen molar-refractivity contribution in [1.82, 2.24) is 24.5 Å². The van der Waals surface area contributed by atoms with Crippen molar-refractivity contribution < 1.29 is 4.79 Å². The Balaban J connectivity index is 1.70. The van der Waals surface area contributed by atoms with Crippen molar-refractivity contribution in [3.05, 3.63) is 57.0 Å². The van der Waals surface area contributed by atoms with Crippen LogP contribution in [0, 0.1) is 6.92 Å². The SMILES string of the molecule is Cc1c(Br)c(C(=O)Nc2ncn(Cc3ccc(Cl)cc3)n2)nn1C. The molecule has 0 radical (unpaired) electrons. The maximum atomic E-state index is 12.3. The van der Waals surface area contributed by atoms with Crippen LogP contribution in [0.4, 0.5) is 5.95 Å². The smallest absolute Gasteiger partial charge is 0.279 e. The monoisotopic (exact) mass is 408 g/mol. The zero-order valence-electron chi connectivity index (χ0n) is 13.0. The van der Waals surface area contributed by atoms with Crippen molar-refractivity contribution in [3.8, 4) is 0 Å². The highest BCUT2D eigenvalue weighted by atomic mass is 79.9. The summed E-state index contributed by atoms with van der Waals surface area (Å²) in [6.45, 7) is 2.40. The van der Waals surface area contributed by atoms with E-state index in [1.165, 1.54) is 0 Å². The zero-order valence-corrected chi connectivity index (χ0v) is 15.3. The number of hydrogen-bond donors (Lipinski definition) is 1. The fourth-order valence-corrected chi connectivity index (χ4v) is 2.74. The van der Waals surface area contributed by atoms with E-state index in [1.807, 2.05) is 31.2 Å². The van der Waals surface area contributed by atoms with E-state index < -0.39 is 0 Å². The van der Waals surface area contributed by atoms with Crippen LogP contribution in [0.1, 0.15) is 21.7 Å². The van der Waals surface area contributed by atoms with Crippen molar-refractivity contribution in [3.63, 3.8) is 0 Å². The molecule has 2 heterocycles. The van der Waals surface area contributed by atoms with Crippen LogP contribution in [-0.4, -0.2) is 30.5 Å². The number of anilines is 1. The molecule has 0 aliphatic heterocycles. The molecule has 0 aliphatic carbocycles. The van der Waals surface area contributed by atoms with Gasteiger partial charge in [0.15, 0.2) is 5.69 Å². The summed E-state index contributed by atoms with van der Waals surface area (Å²) in [5.74, 6) is -0.140. The van der Waals surface area contributed by atoms with E-state index in [4.69, 9.17) is 11.6 Å². The Bertz CT molecular complexity index is 886. The summed E-state index contributed by atoms with van der Waals surface area (Å²) in [5.41, 5.74) is 2.19. The fourth-order valence-electron chi connectivity index (χ4n) is 2.09. The Hall–Kier alpha value is -2.19. The molecular weight excluding hydrogens is 396 g/mol. The van der Waals surface area contributed by atoms with Crippen LogP contribution >= 0.6 is 27.5 Å². The van der Waals surface area contributed by atoms with E-state index in [0.717, 1.165) is 11.3 Å². The molecular formula is C15H14BrClN6O. The van der Waals surface area contributed by atoms with E-state index in [2.05, 4.69) is 36.4 Å². The van der Waals surface area contributed by atoms with Gasteiger partial charge in [0, 0.05) is 12.1 Å². The van der Waals surface area contributed by atoms with Crippen molar-refractivity contribution in [2.75, 3.05) is 5.32 Å². The largest absolute Gasteiger partial charge is 0.288 e. The van der Waals surface area contributed by atoms with Crippen LogP contribution < -0.4 is 5.32 Å². The molecule has 3 rings (SSSR count). The summed E-state index contributed by atoms with van der Waals surface area (Å²) in [6, 6.07) is 7.46. The number of benzene rings is 1. The first-order valence-corrected chi connectivity index (χ1v) is 8.25. The summed E-state index contributed by atoms with van der Waals surface area (Å²) in [5, 5.41) is 11.7. The van der Waals surface area contributed by atoms with Gasteiger partial charge < -0.3 is 0 Å². The lowest BCUT2D eigenvalue weighted by molar-refractivity contribution is 0.102. The predicted octanol–water partition coefficient (Wildman–Crippen LogP) is 3.04. The molecule has 24 heavy (non-hydrogen) atoms. The van der Waals surface area contributed by atoms with Crippen LogP contribution in [0.5, 0.6) is 0 Å². The number of rotatable bonds is 4. The highest BCUT2D eigenvalue weighted by Crippen LogP contribution is 2.20. The molecule has 0 saturated carbocycles. The van der Waals surface area contributed by atoms with Gasteiger partial charge in [0.25, 0.3) is 5.91 Å². The quantitative estimate of drug-likeness (QED) is 0.718. The number of aryl methyl sites for hydroxylation is 1. The second-order valence-corrected chi connectivity index (χ2v) is 6.45. The molecule has 1 amide bonds. The zero-order chi connectivity index (χ0) is 17.3. The Labute approximate surface area is 151 Å². The van der Waals surface area contributed by atoms with E-state index >= 15 is 0 Å². The maximum Gasteiger partial charge on any atom is 0.279 e. The lowest BCUT2D eigenvalue weighted by Crippen LogP contribution is -2.15. The number of nitrogens with zero attached hydrogens (tertiary/aromatic N) is 5. The van der Waals surface area contributed by atoms with Gasteiger partial charge in [-0.25, -0.2) is 9.67 Å². The van der Waals surface area contributed by atoms with Gasteiger partial charge in [0.1, 0.15) is 6.33 Å². The Kier molecular flexibility index (Phi) is 4.68.